The summed E-state index contributed by atoms with van der Waals surface area (Å²) in [4.78, 5) is 18.0. The van der Waals surface area contributed by atoms with Crippen molar-refractivity contribution in [1.82, 2.24) is 4.98 Å². The number of nitrogen functional groups attached to an aromatic ring is 1. The van der Waals surface area contributed by atoms with Gasteiger partial charge in [0.15, 0.2) is 6.10 Å². The largest absolute Gasteiger partial charge is 0.452 e. The van der Waals surface area contributed by atoms with Crippen LogP contribution in [-0.2, 0) is 10.3 Å². The van der Waals surface area contributed by atoms with E-state index in [4.69, 9.17) is 11.5 Å². The number of aromatic nitrogens is 1. The van der Waals surface area contributed by atoms with Crippen molar-refractivity contribution in [2.45, 2.75) is 31.2 Å². The summed E-state index contributed by atoms with van der Waals surface area (Å²) in [7, 11) is 0. The number of nitrogens with zero attached hydrogens (tertiary/aromatic N) is 1. The van der Waals surface area contributed by atoms with E-state index in [0.29, 0.717) is 0 Å². The Kier molecular flexibility index (Phi) is 3.15. The van der Waals surface area contributed by atoms with Gasteiger partial charge in [0.25, 0.3) is 11.6 Å². The molecule has 5 N–H and O–H groups in total. The lowest BCUT2D eigenvalue weighted by Gasteiger charge is -2.35. The highest BCUT2D eigenvalue weighted by Crippen LogP contribution is 2.38. The summed E-state index contributed by atoms with van der Waals surface area (Å²) in [5.41, 5.74) is 9.06. The number of amidine groups is 1. The van der Waals surface area contributed by atoms with Gasteiger partial charge in [0.1, 0.15) is 0 Å². The molecule has 1 aromatic rings. The number of alkyl halides is 3. The van der Waals surface area contributed by atoms with Crippen molar-refractivity contribution in [1.29, 1.82) is 0 Å². The Morgan fingerprint density at radius 1 is 1.50 bits per heavy atom. The Bertz CT molecular complexity index is 610. The van der Waals surface area contributed by atoms with E-state index < -0.39 is 35.8 Å². The second kappa shape index (κ2) is 4.43. The number of aromatic amines is 1. The molecule has 0 fully saturated rings. The van der Waals surface area contributed by atoms with E-state index >= 15 is 0 Å². The molecule has 0 spiro atoms. The molecule has 2 atom stereocenters. The Labute approximate surface area is 111 Å². The lowest BCUT2D eigenvalue weighted by Crippen LogP contribution is -2.47. The number of nitrogens with two attached hydrogens (primary N) is 2. The maximum atomic E-state index is 12.8. The molecule has 2 heterocycles. The van der Waals surface area contributed by atoms with E-state index in [1.165, 1.54) is 19.2 Å². The zero-order valence-electron chi connectivity index (χ0n) is 10.5. The van der Waals surface area contributed by atoms with Gasteiger partial charge in [-0.05, 0) is 13.0 Å². The highest BCUT2D eigenvalue weighted by atomic mass is 19.4. The van der Waals surface area contributed by atoms with E-state index in [-0.39, 0.29) is 11.3 Å². The van der Waals surface area contributed by atoms with Crippen LogP contribution in [0.1, 0.15) is 18.9 Å². The van der Waals surface area contributed by atoms with Crippen LogP contribution in [0.5, 0.6) is 0 Å². The Morgan fingerprint density at radius 3 is 2.75 bits per heavy atom. The minimum Gasteiger partial charge on any atom is -0.452 e. The van der Waals surface area contributed by atoms with E-state index in [9.17, 15) is 18.0 Å². The molecule has 1 aliphatic heterocycles. The third-order valence-electron chi connectivity index (χ3n) is 3.07. The fourth-order valence-electron chi connectivity index (χ4n) is 2.12. The van der Waals surface area contributed by atoms with Gasteiger partial charge >= 0.3 is 6.18 Å². The first kappa shape index (κ1) is 14.2. The Morgan fingerprint density at radius 2 is 2.15 bits per heavy atom. The summed E-state index contributed by atoms with van der Waals surface area (Å²) in [5.74, 6) is 0. The number of rotatable bonds is 1. The number of nitrogens with one attached hydrogen (secondary N) is 1. The van der Waals surface area contributed by atoms with Crippen LogP contribution in [0.2, 0.25) is 0 Å². The molecule has 2 rings (SSSR count). The number of pyridine rings is 1. The molecule has 6 nitrogen and oxygen atoms in total. The van der Waals surface area contributed by atoms with Crippen LogP contribution in [0.25, 0.3) is 0 Å². The molecular weight excluding hydrogens is 277 g/mol. The molecule has 110 valence electrons. The minimum absolute atomic E-state index is 0.0120. The fourth-order valence-corrected chi connectivity index (χ4v) is 2.12. The minimum atomic E-state index is -4.60. The normalized spacial score (nSPS) is 26.8. The van der Waals surface area contributed by atoms with Crippen molar-refractivity contribution < 1.29 is 17.9 Å². The molecule has 1 aromatic heterocycles. The Balaban J connectivity index is 2.51. The van der Waals surface area contributed by atoms with Crippen LogP contribution >= 0.6 is 0 Å². The summed E-state index contributed by atoms with van der Waals surface area (Å²) in [6, 6.07) is 0.678. The van der Waals surface area contributed by atoms with Gasteiger partial charge in [-0.15, -0.1) is 0 Å². The summed E-state index contributed by atoms with van der Waals surface area (Å²) >= 11 is 0. The van der Waals surface area contributed by atoms with Crippen molar-refractivity contribution in [3.63, 3.8) is 0 Å². The molecular formula is C11H13F3N4O2. The summed E-state index contributed by atoms with van der Waals surface area (Å²) in [6.45, 7) is 1.38. The van der Waals surface area contributed by atoms with Crippen molar-refractivity contribution >= 4 is 11.7 Å². The van der Waals surface area contributed by atoms with Gasteiger partial charge in [-0.25, -0.2) is 4.99 Å². The van der Waals surface area contributed by atoms with Gasteiger partial charge in [-0.3, -0.25) is 4.79 Å². The number of hydrogen-bond acceptors (Lipinski definition) is 5. The van der Waals surface area contributed by atoms with Crippen molar-refractivity contribution in [2.75, 3.05) is 5.73 Å². The number of aliphatic imine (C=N–C) groups is 1. The van der Waals surface area contributed by atoms with Crippen LogP contribution in [0.3, 0.4) is 0 Å². The molecule has 0 saturated carbocycles. The first-order chi connectivity index (χ1) is 9.12. The monoisotopic (exact) mass is 290 g/mol. The number of anilines is 1. The molecule has 0 bridgehead atoms. The van der Waals surface area contributed by atoms with E-state index in [1.54, 1.807) is 0 Å². The van der Waals surface area contributed by atoms with Crippen molar-refractivity contribution in [3.05, 3.63) is 28.2 Å². The molecule has 2 unspecified atom stereocenters. The molecule has 0 aromatic carbocycles. The van der Waals surface area contributed by atoms with Crippen LogP contribution in [0, 0.1) is 0 Å². The van der Waals surface area contributed by atoms with Crippen molar-refractivity contribution in [3.8, 4) is 0 Å². The van der Waals surface area contributed by atoms with Crippen LogP contribution in [0.15, 0.2) is 22.1 Å². The molecule has 0 amide bonds. The Hall–Kier alpha value is -2.19. The third kappa shape index (κ3) is 2.56. The maximum Gasteiger partial charge on any atom is 0.425 e. The molecule has 0 aliphatic carbocycles. The van der Waals surface area contributed by atoms with Gasteiger partial charge in [0.05, 0.1) is 5.54 Å². The molecule has 9 heteroatoms. The zero-order valence-corrected chi connectivity index (χ0v) is 10.5. The first-order valence-electron chi connectivity index (χ1n) is 5.69. The van der Waals surface area contributed by atoms with Crippen molar-refractivity contribution in [2.24, 2.45) is 10.7 Å². The second-order valence-electron chi connectivity index (χ2n) is 4.75. The number of H-pyrrole nitrogens is 1. The number of halogens is 3. The van der Waals surface area contributed by atoms with Gasteiger partial charge < -0.3 is 21.2 Å². The van der Waals surface area contributed by atoms with E-state index in [2.05, 4.69) is 14.7 Å². The van der Waals surface area contributed by atoms with Crippen LogP contribution in [-0.4, -0.2) is 23.3 Å². The highest BCUT2D eigenvalue weighted by Gasteiger charge is 2.50. The van der Waals surface area contributed by atoms with E-state index in [0.717, 1.165) is 0 Å². The SMILES string of the molecule is CC1(c2cc(N)c[nH]c2=O)CC(C(F)(F)F)OC(N)=N1. The lowest BCUT2D eigenvalue weighted by atomic mass is 9.86. The molecule has 1 aliphatic rings. The van der Waals surface area contributed by atoms with Crippen LogP contribution < -0.4 is 17.0 Å². The number of ether oxygens (including phenoxy) is 1. The maximum absolute atomic E-state index is 12.8. The van der Waals surface area contributed by atoms with Crippen LogP contribution in [0.4, 0.5) is 18.9 Å². The molecule has 0 radical (unpaired) electrons. The summed E-state index contributed by atoms with van der Waals surface area (Å²) in [5, 5.41) is 0. The van der Waals surface area contributed by atoms with Gasteiger partial charge in [0.2, 0.25) is 0 Å². The summed E-state index contributed by atoms with van der Waals surface area (Å²) in [6.07, 6.45) is -6.02. The van der Waals surface area contributed by atoms with Gasteiger partial charge in [-0.1, -0.05) is 0 Å². The smallest absolute Gasteiger partial charge is 0.425 e. The average molecular weight is 290 g/mol. The predicted molar refractivity (Wildman–Crippen MR) is 66.0 cm³/mol. The topological polar surface area (TPSA) is 106 Å². The lowest BCUT2D eigenvalue weighted by molar-refractivity contribution is -0.208. The first-order valence-corrected chi connectivity index (χ1v) is 5.69. The van der Waals surface area contributed by atoms with Gasteiger partial charge in [0, 0.05) is 23.9 Å². The zero-order chi connectivity index (χ0) is 15.1. The van der Waals surface area contributed by atoms with Gasteiger partial charge in [-0.2, -0.15) is 13.2 Å². The molecule has 0 saturated heterocycles. The standard InChI is InChI=1S/C11H13F3N4O2/c1-10(6-2-5(15)4-17-8(6)19)3-7(11(12,13)14)20-9(16)18-10/h2,4,7H,3,15H2,1H3,(H2,16,18)(H,17,19). The third-order valence-corrected chi connectivity index (χ3v) is 3.07. The fraction of sp³-hybridized carbons (Fsp3) is 0.455. The second-order valence-corrected chi connectivity index (χ2v) is 4.75. The molecule has 20 heavy (non-hydrogen) atoms. The highest BCUT2D eigenvalue weighted by molar-refractivity contribution is 5.73. The number of hydrogen-bond donors (Lipinski definition) is 3. The van der Waals surface area contributed by atoms with E-state index in [1.807, 2.05) is 0 Å². The average Bonchev–Trinajstić information content (AvgIpc) is 2.30. The predicted octanol–water partition coefficient (Wildman–Crippen LogP) is 0.838. The summed E-state index contributed by atoms with van der Waals surface area (Å²) < 4.78 is 42.9. The quantitative estimate of drug-likeness (QED) is 0.712.